The van der Waals surface area contributed by atoms with Crippen molar-refractivity contribution in [3.8, 4) is 0 Å². The van der Waals surface area contributed by atoms with E-state index in [1.807, 2.05) is 0 Å². The highest BCUT2D eigenvalue weighted by atomic mass is 16.6. The second-order valence-electron chi connectivity index (χ2n) is 9.82. The number of rotatable bonds is 18. The fourth-order valence-electron chi connectivity index (χ4n) is 4.51. The van der Waals surface area contributed by atoms with Gasteiger partial charge in [0.25, 0.3) is 0 Å². The molecule has 0 aromatic carbocycles. The molecule has 0 bridgehead atoms. The first-order chi connectivity index (χ1) is 14.1. The molecule has 0 aromatic heterocycles. The fourth-order valence-corrected chi connectivity index (χ4v) is 4.51. The van der Waals surface area contributed by atoms with E-state index in [4.69, 9.17) is 4.74 Å². The molecular weight excluding hydrogens is 358 g/mol. The summed E-state index contributed by atoms with van der Waals surface area (Å²) in [7, 11) is 0. The van der Waals surface area contributed by atoms with Crippen molar-refractivity contribution in [2.45, 2.75) is 142 Å². The van der Waals surface area contributed by atoms with Crippen molar-refractivity contribution in [1.29, 1.82) is 0 Å². The zero-order valence-corrected chi connectivity index (χ0v) is 20.0. The van der Waals surface area contributed by atoms with Crippen LogP contribution < -0.4 is 5.32 Å². The minimum Gasteiger partial charge on any atom is -0.459 e. The molecule has 0 spiro atoms. The number of ether oxygens (including phenoxy) is 1. The van der Waals surface area contributed by atoms with E-state index in [2.05, 4.69) is 26.1 Å². The summed E-state index contributed by atoms with van der Waals surface area (Å²) in [6, 6.07) is 0. The van der Waals surface area contributed by atoms with Gasteiger partial charge in [-0.3, -0.25) is 4.79 Å². The fraction of sp³-hybridized carbons (Fsp3) is 0.962. The third-order valence-corrected chi connectivity index (χ3v) is 6.64. The van der Waals surface area contributed by atoms with Gasteiger partial charge in [-0.05, 0) is 39.7 Å². The highest BCUT2D eigenvalue weighted by Crippen LogP contribution is 2.28. The number of nitrogens with one attached hydrogen (secondary N) is 1. The molecule has 1 heterocycles. The Bertz CT molecular complexity index is 388. The molecule has 1 rings (SSSR count). The van der Waals surface area contributed by atoms with Gasteiger partial charge in [0, 0.05) is 18.9 Å². The Morgan fingerprint density at radius 1 is 0.828 bits per heavy atom. The van der Waals surface area contributed by atoms with E-state index >= 15 is 0 Å². The van der Waals surface area contributed by atoms with Gasteiger partial charge in [0.05, 0.1) is 0 Å². The van der Waals surface area contributed by atoms with Crippen molar-refractivity contribution in [3.63, 3.8) is 0 Å². The van der Waals surface area contributed by atoms with Gasteiger partial charge in [-0.2, -0.15) is 0 Å². The van der Waals surface area contributed by atoms with Gasteiger partial charge < -0.3 is 10.1 Å². The van der Waals surface area contributed by atoms with Crippen molar-refractivity contribution in [3.05, 3.63) is 0 Å². The number of piperidine rings is 1. The van der Waals surface area contributed by atoms with Crippen LogP contribution in [0.1, 0.15) is 136 Å². The second kappa shape index (κ2) is 17.1. The highest BCUT2D eigenvalue weighted by Gasteiger charge is 2.33. The standard InChI is InChI=1S/C26H51NO2/c1-4-5-6-7-8-9-10-11-12-13-14-15-16-17-18-21-25(28)29-26(2,3)24-20-19-22-27-23-24/h24,27H,4-23H2,1-3H3. The van der Waals surface area contributed by atoms with Crippen LogP contribution >= 0.6 is 0 Å². The summed E-state index contributed by atoms with van der Waals surface area (Å²) in [5, 5.41) is 3.42. The van der Waals surface area contributed by atoms with Crippen LogP contribution in [0.25, 0.3) is 0 Å². The quantitative estimate of drug-likeness (QED) is 0.187. The van der Waals surface area contributed by atoms with Crippen LogP contribution in [0.15, 0.2) is 0 Å². The molecule has 1 atom stereocenters. The van der Waals surface area contributed by atoms with Crippen LogP contribution in [0.5, 0.6) is 0 Å². The Kier molecular flexibility index (Phi) is 15.6. The van der Waals surface area contributed by atoms with Crippen LogP contribution in [0.4, 0.5) is 0 Å². The zero-order valence-electron chi connectivity index (χ0n) is 20.0. The lowest BCUT2D eigenvalue weighted by Crippen LogP contribution is -2.45. The Hall–Kier alpha value is -0.570. The van der Waals surface area contributed by atoms with Crippen molar-refractivity contribution >= 4 is 5.97 Å². The lowest BCUT2D eigenvalue weighted by atomic mass is 9.85. The number of hydrogen-bond donors (Lipinski definition) is 1. The van der Waals surface area contributed by atoms with E-state index in [0.29, 0.717) is 12.3 Å². The van der Waals surface area contributed by atoms with Crippen molar-refractivity contribution in [1.82, 2.24) is 5.32 Å². The van der Waals surface area contributed by atoms with Gasteiger partial charge in [0.1, 0.15) is 5.60 Å². The molecule has 0 saturated carbocycles. The molecular formula is C26H51NO2. The molecule has 0 aliphatic carbocycles. The average Bonchev–Trinajstić information content (AvgIpc) is 2.71. The van der Waals surface area contributed by atoms with Gasteiger partial charge in [-0.1, -0.05) is 96.8 Å². The van der Waals surface area contributed by atoms with Gasteiger partial charge in [0.2, 0.25) is 0 Å². The van der Waals surface area contributed by atoms with Crippen LogP contribution in [-0.4, -0.2) is 24.7 Å². The minimum atomic E-state index is -0.333. The average molecular weight is 410 g/mol. The largest absolute Gasteiger partial charge is 0.459 e. The third kappa shape index (κ3) is 14.1. The smallest absolute Gasteiger partial charge is 0.306 e. The number of esters is 1. The first-order valence-electron chi connectivity index (χ1n) is 13.0. The maximum Gasteiger partial charge on any atom is 0.306 e. The molecule has 3 heteroatoms. The topological polar surface area (TPSA) is 38.3 Å². The van der Waals surface area contributed by atoms with Crippen molar-refractivity contribution < 1.29 is 9.53 Å². The molecule has 1 aliphatic heterocycles. The van der Waals surface area contributed by atoms with E-state index in [0.717, 1.165) is 32.4 Å². The number of hydrogen-bond acceptors (Lipinski definition) is 3. The van der Waals surface area contributed by atoms with Gasteiger partial charge in [-0.15, -0.1) is 0 Å². The summed E-state index contributed by atoms with van der Waals surface area (Å²) in [6.07, 6.45) is 23.2. The zero-order chi connectivity index (χ0) is 21.2. The molecule has 0 radical (unpaired) electrons. The maximum atomic E-state index is 12.2. The maximum absolute atomic E-state index is 12.2. The van der Waals surface area contributed by atoms with Gasteiger partial charge >= 0.3 is 5.97 Å². The number of carbonyl (C=O) groups is 1. The van der Waals surface area contributed by atoms with Crippen LogP contribution in [0.2, 0.25) is 0 Å². The minimum absolute atomic E-state index is 0.00438. The number of carbonyl (C=O) groups excluding carboxylic acids is 1. The molecule has 3 nitrogen and oxygen atoms in total. The highest BCUT2D eigenvalue weighted by molar-refractivity contribution is 5.69. The monoisotopic (exact) mass is 409 g/mol. The Morgan fingerprint density at radius 3 is 1.76 bits per heavy atom. The first-order valence-corrected chi connectivity index (χ1v) is 13.0. The summed E-state index contributed by atoms with van der Waals surface area (Å²) < 4.78 is 5.82. The molecule has 0 aromatic rings. The first kappa shape index (κ1) is 26.5. The summed E-state index contributed by atoms with van der Waals surface area (Å²) in [5.41, 5.74) is -0.333. The van der Waals surface area contributed by atoms with Crippen molar-refractivity contribution in [2.75, 3.05) is 13.1 Å². The lowest BCUT2D eigenvalue weighted by molar-refractivity contribution is -0.162. The predicted molar refractivity (Wildman–Crippen MR) is 125 cm³/mol. The number of unbranched alkanes of at least 4 members (excludes halogenated alkanes) is 14. The van der Waals surface area contributed by atoms with E-state index in [1.165, 1.54) is 89.9 Å². The Labute approximate surface area is 182 Å². The summed E-state index contributed by atoms with van der Waals surface area (Å²) >= 11 is 0. The van der Waals surface area contributed by atoms with Crippen LogP contribution in [-0.2, 0) is 9.53 Å². The Balaban J connectivity index is 1.86. The van der Waals surface area contributed by atoms with Crippen molar-refractivity contribution in [2.24, 2.45) is 5.92 Å². The molecule has 0 amide bonds. The van der Waals surface area contributed by atoms with Gasteiger partial charge in [-0.25, -0.2) is 0 Å². The summed E-state index contributed by atoms with van der Waals surface area (Å²) in [5.74, 6) is 0.441. The van der Waals surface area contributed by atoms with Crippen LogP contribution in [0.3, 0.4) is 0 Å². The van der Waals surface area contributed by atoms with E-state index in [1.54, 1.807) is 0 Å². The lowest BCUT2D eigenvalue weighted by Gasteiger charge is -2.36. The molecule has 172 valence electrons. The summed E-state index contributed by atoms with van der Waals surface area (Å²) in [4.78, 5) is 12.2. The Morgan fingerprint density at radius 2 is 1.31 bits per heavy atom. The molecule has 1 saturated heterocycles. The normalized spacial score (nSPS) is 17.4. The van der Waals surface area contributed by atoms with Crippen LogP contribution in [0, 0.1) is 5.92 Å². The van der Waals surface area contributed by atoms with E-state index in [9.17, 15) is 4.79 Å². The van der Waals surface area contributed by atoms with Gasteiger partial charge in [0.15, 0.2) is 0 Å². The molecule has 1 unspecified atom stereocenters. The third-order valence-electron chi connectivity index (χ3n) is 6.64. The SMILES string of the molecule is CCCCCCCCCCCCCCCCCC(=O)OC(C)(C)C1CCCNC1. The second-order valence-corrected chi connectivity index (χ2v) is 9.82. The van der Waals surface area contributed by atoms with E-state index < -0.39 is 0 Å². The molecule has 1 aliphatic rings. The predicted octanol–water partition coefficient (Wildman–Crippen LogP) is 7.57. The van der Waals surface area contributed by atoms with E-state index in [-0.39, 0.29) is 11.6 Å². The molecule has 1 N–H and O–H groups in total. The molecule has 29 heavy (non-hydrogen) atoms. The summed E-state index contributed by atoms with van der Waals surface area (Å²) in [6.45, 7) is 8.51. The molecule has 1 fully saturated rings.